The number of nitro benzene ring substituents is 1. The number of nitrogens with zero attached hydrogens (tertiary/aromatic N) is 3. The van der Waals surface area contributed by atoms with Crippen molar-refractivity contribution in [3.05, 3.63) is 57.1 Å². The zero-order valence-electron chi connectivity index (χ0n) is 16.9. The third kappa shape index (κ3) is 3.93. The Balaban J connectivity index is 2.05. The minimum absolute atomic E-state index is 0.0566. The quantitative estimate of drug-likeness (QED) is 0.464. The molecule has 3 aromatic rings. The number of fused-ring (bicyclic) bond motifs is 1. The maximum Gasteiger partial charge on any atom is 0.278 e. The van der Waals surface area contributed by atoms with Crippen LogP contribution < -0.4 is 19.5 Å². The fourth-order valence-corrected chi connectivity index (χ4v) is 2.99. The van der Waals surface area contributed by atoms with Crippen molar-refractivity contribution in [2.45, 2.75) is 13.5 Å². The summed E-state index contributed by atoms with van der Waals surface area (Å²) in [6.45, 7) is 1.71. The minimum atomic E-state index is -0.562. The van der Waals surface area contributed by atoms with Gasteiger partial charge in [0.1, 0.15) is 16.8 Å². The molecule has 156 valence electrons. The molecule has 0 spiro atoms. The van der Waals surface area contributed by atoms with E-state index in [9.17, 15) is 14.9 Å². The fourth-order valence-electron chi connectivity index (χ4n) is 2.99. The van der Waals surface area contributed by atoms with Crippen molar-refractivity contribution < 1.29 is 23.9 Å². The van der Waals surface area contributed by atoms with E-state index in [0.29, 0.717) is 5.75 Å². The fraction of sp³-hybridized carbons (Fsp3) is 0.250. The van der Waals surface area contributed by atoms with Gasteiger partial charge in [0.25, 0.3) is 23.4 Å². The lowest BCUT2D eigenvalue weighted by Crippen LogP contribution is -2.24. The van der Waals surface area contributed by atoms with Gasteiger partial charge in [-0.2, -0.15) is 0 Å². The van der Waals surface area contributed by atoms with Gasteiger partial charge in [-0.3, -0.25) is 14.9 Å². The Labute approximate surface area is 172 Å². The number of carbonyl (C=O) groups excluding carboxylic acids is 1. The molecule has 1 N–H and O–H groups in total. The van der Waals surface area contributed by atoms with Crippen molar-refractivity contribution in [1.29, 1.82) is 0 Å². The number of hydrogen-bond donors (Lipinski definition) is 1. The summed E-state index contributed by atoms with van der Waals surface area (Å²) in [6, 6.07) is 8.44. The average molecular weight is 412 g/mol. The van der Waals surface area contributed by atoms with E-state index in [4.69, 9.17) is 14.2 Å². The Kier molecular flexibility index (Phi) is 5.95. The molecule has 0 saturated carbocycles. The van der Waals surface area contributed by atoms with Gasteiger partial charge in [0.15, 0.2) is 0 Å². The van der Waals surface area contributed by atoms with Crippen molar-refractivity contribution in [1.82, 2.24) is 15.3 Å². The number of amides is 1. The predicted molar refractivity (Wildman–Crippen MR) is 108 cm³/mol. The van der Waals surface area contributed by atoms with Crippen molar-refractivity contribution in [3.63, 3.8) is 0 Å². The van der Waals surface area contributed by atoms with Crippen LogP contribution >= 0.6 is 0 Å². The van der Waals surface area contributed by atoms with Gasteiger partial charge in [0, 0.05) is 18.2 Å². The molecule has 30 heavy (non-hydrogen) atoms. The summed E-state index contributed by atoms with van der Waals surface area (Å²) in [5.41, 5.74) is 1.17. The number of rotatable bonds is 7. The molecule has 1 amide bonds. The first-order valence-electron chi connectivity index (χ1n) is 8.88. The van der Waals surface area contributed by atoms with E-state index >= 15 is 0 Å². The number of aromatic nitrogens is 2. The molecule has 10 heteroatoms. The molecular formula is C20H20N4O6. The molecule has 0 unspecified atom stereocenters. The van der Waals surface area contributed by atoms with E-state index in [1.54, 1.807) is 19.2 Å². The molecular weight excluding hydrogens is 392 g/mol. The molecule has 0 saturated heterocycles. The van der Waals surface area contributed by atoms with Gasteiger partial charge in [-0.05, 0) is 24.6 Å². The largest absolute Gasteiger partial charge is 0.497 e. The highest BCUT2D eigenvalue weighted by atomic mass is 16.6. The van der Waals surface area contributed by atoms with Crippen LogP contribution in [0.3, 0.4) is 0 Å². The Morgan fingerprint density at radius 3 is 2.27 bits per heavy atom. The van der Waals surface area contributed by atoms with Gasteiger partial charge in [-0.25, -0.2) is 9.97 Å². The van der Waals surface area contributed by atoms with Crippen LogP contribution in [-0.2, 0) is 6.54 Å². The van der Waals surface area contributed by atoms with Gasteiger partial charge < -0.3 is 19.5 Å². The summed E-state index contributed by atoms with van der Waals surface area (Å²) >= 11 is 0. The Hall–Kier alpha value is -3.95. The van der Waals surface area contributed by atoms with Gasteiger partial charge in [0.2, 0.25) is 0 Å². The summed E-state index contributed by atoms with van der Waals surface area (Å²) in [4.78, 5) is 32.5. The standard InChI is InChI=1S/C20H20N4O6/c1-11-15(24(26)27)9-14-17(23-20(30-4)19(22-14)29-3)16(11)18(25)21-10-12-5-7-13(28-2)8-6-12/h5-9H,10H2,1-4H3,(H,21,25). The second-order valence-corrected chi connectivity index (χ2v) is 6.29. The van der Waals surface area contributed by atoms with Gasteiger partial charge in [-0.15, -0.1) is 0 Å². The molecule has 0 radical (unpaired) electrons. The van der Waals surface area contributed by atoms with Crippen LogP contribution in [0.25, 0.3) is 11.0 Å². The lowest BCUT2D eigenvalue weighted by Gasteiger charge is -2.13. The Morgan fingerprint density at radius 2 is 1.70 bits per heavy atom. The summed E-state index contributed by atoms with van der Waals surface area (Å²) in [5, 5.41) is 14.3. The monoisotopic (exact) mass is 412 g/mol. The van der Waals surface area contributed by atoms with Crippen LogP contribution in [0.4, 0.5) is 5.69 Å². The normalized spacial score (nSPS) is 10.5. The predicted octanol–water partition coefficient (Wildman–Crippen LogP) is 2.80. The van der Waals surface area contributed by atoms with Crippen LogP contribution in [0.1, 0.15) is 21.5 Å². The van der Waals surface area contributed by atoms with E-state index in [2.05, 4.69) is 15.3 Å². The second-order valence-electron chi connectivity index (χ2n) is 6.29. The van der Waals surface area contributed by atoms with E-state index in [1.807, 2.05) is 12.1 Å². The maximum atomic E-state index is 13.0. The first-order valence-corrected chi connectivity index (χ1v) is 8.88. The van der Waals surface area contributed by atoms with Crippen LogP contribution in [-0.4, -0.2) is 42.1 Å². The molecule has 0 aliphatic carbocycles. The Morgan fingerprint density at radius 1 is 1.07 bits per heavy atom. The lowest BCUT2D eigenvalue weighted by atomic mass is 10.0. The van der Waals surface area contributed by atoms with Gasteiger partial charge in [-0.1, -0.05) is 12.1 Å². The van der Waals surface area contributed by atoms with Crippen molar-refractivity contribution in [2.75, 3.05) is 21.3 Å². The van der Waals surface area contributed by atoms with Crippen LogP contribution in [0.15, 0.2) is 30.3 Å². The molecule has 10 nitrogen and oxygen atoms in total. The SMILES string of the molecule is COc1ccc(CNC(=O)c2c(C)c([N+](=O)[O-])cc3nc(OC)c(OC)nc23)cc1. The van der Waals surface area contributed by atoms with Gasteiger partial charge in [0.05, 0.1) is 31.8 Å². The number of hydrogen-bond acceptors (Lipinski definition) is 8. The number of ether oxygens (including phenoxy) is 3. The molecule has 1 aromatic heterocycles. The molecule has 0 aliphatic rings. The topological polar surface area (TPSA) is 126 Å². The highest BCUT2D eigenvalue weighted by Crippen LogP contribution is 2.33. The number of nitro groups is 1. The Bertz CT molecular complexity index is 1110. The third-order valence-electron chi connectivity index (χ3n) is 4.55. The molecule has 0 aliphatic heterocycles. The van der Waals surface area contributed by atoms with E-state index in [1.165, 1.54) is 27.2 Å². The molecule has 2 aromatic carbocycles. The number of nitrogens with one attached hydrogen (secondary N) is 1. The third-order valence-corrected chi connectivity index (χ3v) is 4.55. The van der Waals surface area contributed by atoms with Crippen LogP contribution in [0.5, 0.6) is 17.5 Å². The highest BCUT2D eigenvalue weighted by Gasteiger charge is 2.26. The summed E-state index contributed by atoms with van der Waals surface area (Å²) in [5.74, 6) is 0.315. The lowest BCUT2D eigenvalue weighted by molar-refractivity contribution is -0.385. The zero-order valence-corrected chi connectivity index (χ0v) is 16.9. The number of methoxy groups -OCH3 is 3. The second kappa shape index (κ2) is 8.60. The first kappa shape index (κ1) is 20.8. The van der Waals surface area contributed by atoms with E-state index in [-0.39, 0.29) is 46.2 Å². The molecule has 0 bridgehead atoms. The van der Waals surface area contributed by atoms with Crippen LogP contribution in [0, 0.1) is 17.0 Å². The minimum Gasteiger partial charge on any atom is -0.497 e. The van der Waals surface area contributed by atoms with Crippen molar-refractivity contribution in [3.8, 4) is 17.5 Å². The molecule has 0 fully saturated rings. The highest BCUT2D eigenvalue weighted by molar-refractivity contribution is 6.07. The smallest absolute Gasteiger partial charge is 0.278 e. The van der Waals surface area contributed by atoms with Crippen molar-refractivity contribution in [2.24, 2.45) is 0 Å². The first-order chi connectivity index (χ1) is 14.4. The van der Waals surface area contributed by atoms with E-state index < -0.39 is 10.8 Å². The van der Waals surface area contributed by atoms with E-state index in [0.717, 1.165) is 5.56 Å². The number of carbonyl (C=O) groups is 1. The summed E-state index contributed by atoms with van der Waals surface area (Å²) < 4.78 is 15.4. The molecule has 3 rings (SSSR count). The summed E-state index contributed by atoms with van der Waals surface area (Å²) in [6.07, 6.45) is 0. The molecule has 0 atom stereocenters. The van der Waals surface area contributed by atoms with Gasteiger partial charge >= 0.3 is 0 Å². The molecule has 1 heterocycles. The number of benzene rings is 2. The van der Waals surface area contributed by atoms with Crippen molar-refractivity contribution >= 4 is 22.6 Å². The average Bonchev–Trinajstić information content (AvgIpc) is 2.76. The zero-order chi connectivity index (χ0) is 21.8. The summed E-state index contributed by atoms with van der Waals surface area (Å²) in [7, 11) is 4.33. The maximum absolute atomic E-state index is 13.0. The van der Waals surface area contributed by atoms with Crippen LogP contribution in [0.2, 0.25) is 0 Å².